The van der Waals surface area contributed by atoms with Gasteiger partial charge in [0.05, 0.1) is 6.04 Å². The van der Waals surface area contributed by atoms with Crippen LogP contribution in [0.15, 0.2) is 11.6 Å². The Bertz CT molecular complexity index is 349. The summed E-state index contributed by atoms with van der Waals surface area (Å²) in [6, 6.07) is -0.732. The summed E-state index contributed by atoms with van der Waals surface area (Å²) in [4.78, 5) is 24.4. The van der Waals surface area contributed by atoms with E-state index < -0.39 is 11.9 Å². The average molecular weight is 209 g/mol. The van der Waals surface area contributed by atoms with Gasteiger partial charge in [-0.25, -0.2) is 4.79 Å². The van der Waals surface area contributed by atoms with E-state index in [4.69, 9.17) is 5.73 Å². The predicted octanol–water partition coefficient (Wildman–Crippen LogP) is -0.170. The third-order valence-electron chi connectivity index (χ3n) is 2.92. The highest BCUT2D eigenvalue weighted by Crippen LogP contribution is 2.27. The first-order chi connectivity index (χ1) is 7.00. The van der Waals surface area contributed by atoms with Gasteiger partial charge in [0.25, 0.3) is 0 Å². The molecule has 5 nitrogen and oxygen atoms in total. The van der Waals surface area contributed by atoms with E-state index in [9.17, 15) is 9.59 Å². The third kappa shape index (κ3) is 1.48. The zero-order chi connectivity index (χ0) is 11.2. The van der Waals surface area contributed by atoms with E-state index in [-0.39, 0.29) is 18.0 Å². The summed E-state index contributed by atoms with van der Waals surface area (Å²) in [6.45, 7) is 4.54. The summed E-state index contributed by atoms with van der Waals surface area (Å²) in [7, 11) is 0. The molecule has 2 bridgehead atoms. The number of nitrogens with one attached hydrogen (secondary N) is 1. The van der Waals surface area contributed by atoms with Gasteiger partial charge in [0.1, 0.15) is 6.04 Å². The summed E-state index contributed by atoms with van der Waals surface area (Å²) in [5.41, 5.74) is 6.28. The molecule has 1 fully saturated rings. The number of rotatable bonds is 2. The van der Waals surface area contributed by atoms with Gasteiger partial charge < -0.3 is 16.0 Å². The van der Waals surface area contributed by atoms with Gasteiger partial charge in [0.15, 0.2) is 0 Å². The van der Waals surface area contributed by atoms with Crippen LogP contribution in [0, 0.1) is 5.92 Å². The van der Waals surface area contributed by atoms with E-state index >= 15 is 0 Å². The highest BCUT2D eigenvalue weighted by atomic mass is 16.2. The van der Waals surface area contributed by atoms with Crippen LogP contribution in [0.3, 0.4) is 0 Å². The van der Waals surface area contributed by atoms with Crippen molar-refractivity contribution in [2.75, 3.05) is 6.54 Å². The second-order valence-corrected chi connectivity index (χ2v) is 4.33. The van der Waals surface area contributed by atoms with E-state index in [1.54, 1.807) is 0 Å². The van der Waals surface area contributed by atoms with Crippen LogP contribution in [0.25, 0.3) is 0 Å². The third-order valence-corrected chi connectivity index (χ3v) is 2.92. The van der Waals surface area contributed by atoms with E-state index in [2.05, 4.69) is 5.32 Å². The van der Waals surface area contributed by atoms with Gasteiger partial charge in [-0.2, -0.15) is 0 Å². The monoisotopic (exact) mass is 209 g/mol. The summed E-state index contributed by atoms with van der Waals surface area (Å²) in [5.74, 6) is -0.231. The van der Waals surface area contributed by atoms with Gasteiger partial charge in [0, 0.05) is 6.54 Å². The maximum atomic E-state index is 11.5. The molecular weight excluding hydrogens is 194 g/mol. The summed E-state index contributed by atoms with van der Waals surface area (Å²) in [5, 5.41) is 2.79. The molecule has 0 aromatic carbocycles. The Morgan fingerprint density at radius 1 is 1.67 bits per heavy atom. The molecule has 0 saturated carbocycles. The number of urea groups is 1. The van der Waals surface area contributed by atoms with Gasteiger partial charge >= 0.3 is 6.03 Å². The van der Waals surface area contributed by atoms with Gasteiger partial charge in [-0.05, 0) is 11.5 Å². The number of fused-ring (bicyclic) bond motifs is 2. The van der Waals surface area contributed by atoms with Gasteiger partial charge in [-0.15, -0.1) is 0 Å². The fraction of sp³-hybridized carbons (Fsp3) is 0.600. The molecule has 0 radical (unpaired) electrons. The summed E-state index contributed by atoms with van der Waals surface area (Å²) in [6.07, 6.45) is 1.96. The number of nitrogens with two attached hydrogens (primary N) is 1. The highest BCUT2D eigenvalue weighted by Gasteiger charge is 2.42. The molecule has 2 atom stereocenters. The van der Waals surface area contributed by atoms with E-state index in [0.717, 1.165) is 5.57 Å². The Kier molecular flexibility index (Phi) is 2.17. The first-order valence-corrected chi connectivity index (χ1v) is 5.08. The number of hydrogen-bond donors (Lipinski definition) is 2. The molecule has 0 aromatic rings. The van der Waals surface area contributed by atoms with Gasteiger partial charge in [-0.1, -0.05) is 19.9 Å². The molecule has 0 aromatic heterocycles. The Labute approximate surface area is 88.3 Å². The lowest BCUT2D eigenvalue weighted by Crippen LogP contribution is -2.49. The van der Waals surface area contributed by atoms with Gasteiger partial charge in [0.2, 0.25) is 5.91 Å². The molecule has 3 amide bonds. The standard InChI is InChI=1S/C10H15N3O2/c1-5(2)7-3-6-4-13(10(15)12-6)8(7)9(11)14/h3,5-6,8H,4H2,1-2H3,(H2,11,14)(H,12,15)/t6?,8-/m0/s1. The van der Waals surface area contributed by atoms with E-state index in [1.165, 1.54) is 4.90 Å². The molecule has 2 rings (SSSR count). The Morgan fingerprint density at radius 2 is 2.33 bits per heavy atom. The van der Waals surface area contributed by atoms with Crippen molar-refractivity contribution in [3.05, 3.63) is 11.6 Å². The SMILES string of the molecule is CC(C)C1=CC2CN(C(=O)N2)[C@@H]1C(N)=O. The fourth-order valence-corrected chi connectivity index (χ4v) is 2.23. The van der Waals surface area contributed by atoms with Crippen LogP contribution in [-0.2, 0) is 4.79 Å². The van der Waals surface area contributed by atoms with E-state index in [1.807, 2.05) is 19.9 Å². The van der Waals surface area contributed by atoms with Crippen LogP contribution >= 0.6 is 0 Å². The minimum Gasteiger partial charge on any atom is -0.368 e. The van der Waals surface area contributed by atoms with Crippen molar-refractivity contribution in [2.24, 2.45) is 11.7 Å². The number of primary amides is 1. The molecule has 2 aliphatic heterocycles. The van der Waals surface area contributed by atoms with Crippen molar-refractivity contribution in [3.8, 4) is 0 Å². The van der Waals surface area contributed by atoms with Crippen LogP contribution in [0.5, 0.6) is 0 Å². The van der Waals surface area contributed by atoms with Crippen molar-refractivity contribution in [1.29, 1.82) is 0 Å². The van der Waals surface area contributed by atoms with Crippen LogP contribution in [0.2, 0.25) is 0 Å². The van der Waals surface area contributed by atoms with Crippen LogP contribution in [0.1, 0.15) is 13.8 Å². The van der Waals surface area contributed by atoms with Crippen LogP contribution in [0.4, 0.5) is 4.79 Å². The molecular formula is C10H15N3O2. The highest BCUT2D eigenvalue weighted by molar-refractivity contribution is 5.91. The molecule has 1 unspecified atom stereocenters. The molecule has 82 valence electrons. The first-order valence-electron chi connectivity index (χ1n) is 5.08. The molecule has 2 heterocycles. The lowest BCUT2D eigenvalue weighted by Gasteiger charge is -2.31. The van der Waals surface area contributed by atoms with Crippen LogP contribution < -0.4 is 11.1 Å². The van der Waals surface area contributed by atoms with Gasteiger partial charge in [-0.3, -0.25) is 4.79 Å². The molecule has 1 saturated heterocycles. The number of nitrogens with zero attached hydrogens (tertiary/aromatic N) is 1. The van der Waals surface area contributed by atoms with Crippen molar-refractivity contribution in [3.63, 3.8) is 0 Å². The number of carbonyl (C=O) groups excluding carboxylic acids is 2. The minimum atomic E-state index is -0.566. The fourth-order valence-electron chi connectivity index (χ4n) is 2.23. The minimum absolute atomic E-state index is 0.0329. The maximum Gasteiger partial charge on any atom is 0.318 e. The van der Waals surface area contributed by atoms with Crippen molar-refractivity contribution in [1.82, 2.24) is 10.2 Å². The molecule has 0 spiro atoms. The van der Waals surface area contributed by atoms with Crippen molar-refractivity contribution < 1.29 is 9.59 Å². The maximum absolute atomic E-state index is 11.5. The first kappa shape index (κ1) is 10.0. The Hall–Kier alpha value is -1.52. The van der Waals surface area contributed by atoms with Crippen LogP contribution in [-0.4, -0.2) is 35.5 Å². The second kappa shape index (κ2) is 3.25. The lowest BCUT2D eigenvalue weighted by atomic mass is 9.90. The summed E-state index contributed by atoms with van der Waals surface area (Å²) < 4.78 is 0. The number of hydrogen-bond acceptors (Lipinski definition) is 2. The normalized spacial score (nSPS) is 29.1. The zero-order valence-electron chi connectivity index (χ0n) is 8.86. The lowest BCUT2D eigenvalue weighted by molar-refractivity contribution is -0.121. The number of amides is 3. The zero-order valence-corrected chi connectivity index (χ0v) is 8.86. The Balaban J connectivity index is 2.38. The topological polar surface area (TPSA) is 75.4 Å². The molecule has 5 heteroatoms. The molecule has 2 aliphatic rings. The predicted molar refractivity (Wildman–Crippen MR) is 54.9 cm³/mol. The molecule has 15 heavy (non-hydrogen) atoms. The summed E-state index contributed by atoms with van der Waals surface area (Å²) >= 11 is 0. The van der Waals surface area contributed by atoms with E-state index in [0.29, 0.717) is 6.54 Å². The largest absolute Gasteiger partial charge is 0.368 e. The number of carbonyl (C=O) groups is 2. The van der Waals surface area contributed by atoms with Crippen molar-refractivity contribution in [2.45, 2.75) is 25.9 Å². The second-order valence-electron chi connectivity index (χ2n) is 4.33. The molecule has 0 aliphatic carbocycles. The average Bonchev–Trinajstić information content (AvgIpc) is 2.41. The smallest absolute Gasteiger partial charge is 0.318 e. The Morgan fingerprint density at radius 3 is 2.87 bits per heavy atom. The molecule has 3 N–H and O–H groups in total. The quantitative estimate of drug-likeness (QED) is 0.619. The van der Waals surface area contributed by atoms with Crippen molar-refractivity contribution >= 4 is 11.9 Å².